The van der Waals surface area contributed by atoms with Gasteiger partial charge in [-0.15, -0.1) is 0 Å². The lowest BCUT2D eigenvalue weighted by Gasteiger charge is -2.38. The van der Waals surface area contributed by atoms with Crippen LogP contribution in [0, 0.1) is 5.92 Å². The highest BCUT2D eigenvalue weighted by atomic mass is 16.2. The van der Waals surface area contributed by atoms with E-state index in [1.807, 2.05) is 0 Å². The molecule has 116 valence electrons. The average Bonchev–Trinajstić information content (AvgIpc) is 3.24. The number of nitrogens with two attached hydrogens (primary N) is 1. The second-order valence-electron chi connectivity index (χ2n) is 6.31. The molecule has 1 aliphatic heterocycles. The summed E-state index contributed by atoms with van der Waals surface area (Å²) < 4.78 is 0. The third kappa shape index (κ3) is 2.50. The van der Waals surface area contributed by atoms with Crippen LogP contribution in [0.1, 0.15) is 38.5 Å². The van der Waals surface area contributed by atoms with Gasteiger partial charge in [-0.2, -0.15) is 0 Å². The van der Waals surface area contributed by atoms with Crippen molar-refractivity contribution in [1.29, 1.82) is 0 Å². The number of hydrogen-bond donors (Lipinski definition) is 3. The van der Waals surface area contributed by atoms with Gasteiger partial charge in [-0.3, -0.25) is 14.5 Å². The van der Waals surface area contributed by atoms with Gasteiger partial charge in [0.05, 0.1) is 0 Å². The van der Waals surface area contributed by atoms with Gasteiger partial charge in [0.1, 0.15) is 12.1 Å². The fourth-order valence-corrected chi connectivity index (χ4v) is 3.44. The molecule has 2 unspecified atom stereocenters. The Kier molecular flexibility index (Phi) is 3.61. The number of carbonyl (C=O) groups is 3. The summed E-state index contributed by atoms with van der Waals surface area (Å²) in [7, 11) is 0. The van der Waals surface area contributed by atoms with E-state index >= 15 is 0 Å². The topological polar surface area (TPSA) is 105 Å². The molecule has 2 saturated carbocycles. The smallest absolute Gasteiger partial charge is 0.325 e. The molecule has 2 aliphatic carbocycles. The second kappa shape index (κ2) is 5.29. The van der Waals surface area contributed by atoms with Gasteiger partial charge in [-0.1, -0.05) is 12.8 Å². The van der Waals surface area contributed by atoms with E-state index in [1.165, 1.54) is 0 Å². The van der Waals surface area contributed by atoms with E-state index in [-0.39, 0.29) is 30.3 Å². The molecule has 4 amide bonds. The van der Waals surface area contributed by atoms with Crippen LogP contribution in [0.4, 0.5) is 4.79 Å². The van der Waals surface area contributed by atoms with Crippen molar-refractivity contribution in [3.05, 3.63) is 0 Å². The van der Waals surface area contributed by atoms with E-state index < -0.39 is 11.6 Å². The maximum Gasteiger partial charge on any atom is 0.325 e. The van der Waals surface area contributed by atoms with Gasteiger partial charge < -0.3 is 16.4 Å². The Balaban J connectivity index is 1.72. The van der Waals surface area contributed by atoms with Gasteiger partial charge in [0, 0.05) is 12.0 Å². The van der Waals surface area contributed by atoms with Gasteiger partial charge in [0.15, 0.2) is 0 Å². The molecule has 3 rings (SSSR count). The molecule has 2 atom stereocenters. The van der Waals surface area contributed by atoms with Crippen LogP contribution in [0.25, 0.3) is 0 Å². The lowest BCUT2D eigenvalue weighted by molar-refractivity contribution is -0.137. The maximum atomic E-state index is 12.7. The third-order valence-electron chi connectivity index (χ3n) is 4.80. The van der Waals surface area contributed by atoms with Crippen molar-refractivity contribution in [3.63, 3.8) is 0 Å². The summed E-state index contributed by atoms with van der Waals surface area (Å²) in [6.45, 7) is 0.175. The zero-order chi connectivity index (χ0) is 15.0. The number of nitrogens with zero attached hydrogens (tertiary/aromatic N) is 1. The number of rotatable bonds is 4. The Morgan fingerprint density at radius 3 is 2.76 bits per heavy atom. The van der Waals surface area contributed by atoms with Gasteiger partial charge in [0.2, 0.25) is 5.91 Å². The zero-order valence-electron chi connectivity index (χ0n) is 12.1. The lowest BCUT2D eigenvalue weighted by atomic mass is 9.72. The molecule has 0 radical (unpaired) electrons. The van der Waals surface area contributed by atoms with Crippen molar-refractivity contribution in [2.45, 2.75) is 50.1 Å². The van der Waals surface area contributed by atoms with Crippen LogP contribution in [0.15, 0.2) is 0 Å². The fraction of sp³-hybridized carbons (Fsp3) is 0.786. The standard InChI is InChI=1S/C14H22N4O3/c15-7-9-3-1-2-6-14(9)12(20)18(13(21)17-14)8-11(19)16-10-4-5-10/h9-10H,1-8,15H2,(H,16,19)(H,17,21). The minimum absolute atomic E-state index is 0.0424. The molecular formula is C14H22N4O3. The van der Waals surface area contributed by atoms with Crippen LogP contribution in [0.2, 0.25) is 0 Å². The number of imide groups is 1. The van der Waals surface area contributed by atoms with Crippen molar-refractivity contribution in [2.24, 2.45) is 11.7 Å². The van der Waals surface area contributed by atoms with Gasteiger partial charge in [-0.05, 0) is 32.2 Å². The minimum atomic E-state index is -0.885. The first kappa shape index (κ1) is 14.3. The molecule has 21 heavy (non-hydrogen) atoms. The SMILES string of the molecule is NCC1CCCCC12NC(=O)N(CC(=O)NC1CC1)C2=O. The first-order valence-corrected chi connectivity index (χ1v) is 7.70. The Morgan fingerprint density at radius 2 is 2.10 bits per heavy atom. The van der Waals surface area contributed by atoms with Crippen LogP contribution in [0.5, 0.6) is 0 Å². The average molecular weight is 294 g/mol. The summed E-state index contributed by atoms with van der Waals surface area (Å²) in [5, 5.41) is 5.62. The summed E-state index contributed by atoms with van der Waals surface area (Å²) in [5.74, 6) is -0.592. The van der Waals surface area contributed by atoms with Crippen molar-refractivity contribution >= 4 is 17.8 Å². The van der Waals surface area contributed by atoms with Gasteiger partial charge >= 0.3 is 6.03 Å². The first-order chi connectivity index (χ1) is 10.1. The fourth-order valence-electron chi connectivity index (χ4n) is 3.44. The van der Waals surface area contributed by atoms with E-state index in [1.54, 1.807) is 0 Å². The number of nitrogens with one attached hydrogen (secondary N) is 2. The Morgan fingerprint density at radius 1 is 1.33 bits per heavy atom. The number of carbonyl (C=O) groups excluding carboxylic acids is 3. The predicted octanol–water partition coefficient (Wildman–Crippen LogP) is -0.295. The van der Waals surface area contributed by atoms with Crippen LogP contribution >= 0.6 is 0 Å². The van der Waals surface area contributed by atoms with E-state index in [9.17, 15) is 14.4 Å². The molecule has 3 aliphatic rings. The van der Waals surface area contributed by atoms with Crippen molar-refractivity contribution < 1.29 is 14.4 Å². The molecule has 1 spiro atoms. The van der Waals surface area contributed by atoms with E-state index in [2.05, 4.69) is 10.6 Å². The molecule has 4 N–H and O–H groups in total. The Labute approximate surface area is 123 Å². The molecule has 3 fully saturated rings. The molecular weight excluding hydrogens is 272 g/mol. The number of amides is 4. The highest BCUT2D eigenvalue weighted by Gasteiger charge is 2.56. The summed E-state index contributed by atoms with van der Waals surface area (Å²) >= 11 is 0. The molecule has 0 bridgehead atoms. The number of urea groups is 1. The summed E-state index contributed by atoms with van der Waals surface area (Å²) in [4.78, 5) is 37.7. The van der Waals surface area contributed by atoms with Gasteiger partial charge in [-0.25, -0.2) is 4.79 Å². The van der Waals surface area contributed by atoms with Crippen LogP contribution in [-0.2, 0) is 9.59 Å². The van der Waals surface area contributed by atoms with E-state index in [0.717, 1.165) is 37.0 Å². The normalized spacial score (nSPS) is 32.4. The summed E-state index contributed by atoms with van der Waals surface area (Å²) in [6.07, 6.45) is 5.32. The monoisotopic (exact) mass is 294 g/mol. The molecule has 0 aromatic rings. The van der Waals surface area contributed by atoms with E-state index in [4.69, 9.17) is 5.73 Å². The predicted molar refractivity (Wildman–Crippen MR) is 75.2 cm³/mol. The third-order valence-corrected chi connectivity index (χ3v) is 4.80. The molecule has 0 aromatic heterocycles. The lowest BCUT2D eigenvalue weighted by Crippen LogP contribution is -2.57. The van der Waals surface area contributed by atoms with Crippen molar-refractivity contribution in [1.82, 2.24) is 15.5 Å². The quantitative estimate of drug-likeness (QED) is 0.619. The highest BCUT2D eigenvalue weighted by molar-refractivity contribution is 6.09. The molecule has 7 heteroatoms. The summed E-state index contributed by atoms with van der Waals surface area (Å²) in [6, 6.07) is -0.245. The van der Waals surface area contributed by atoms with Crippen molar-refractivity contribution in [2.75, 3.05) is 13.1 Å². The zero-order valence-corrected chi connectivity index (χ0v) is 12.1. The highest BCUT2D eigenvalue weighted by Crippen LogP contribution is 2.37. The molecule has 7 nitrogen and oxygen atoms in total. The molecule has 1 saturated heterocycles. The number of hydrogen-bond acceptors (Lipinski definition) is 4. The summed E-state index contributed by atoms with van der Waals surface area (Å²) in [5.41, 5.74) is 4.90. The Hall–Kier alpha value is -1.63. The first-order valence-electron chi connectivity index (χ1n) is 7.70. The van der Waals surface area contributed by atoms with Crippen LogP contribution in [-0.4, -0.2) is 47.4 Å². The van der Waals surface area contributed by atoms with Crippen molar-refractivity contribution in [3.8, 4) is 0 Å². The Bertz CT molecular complexity index is 477. The largest absolute Gasteiger partial charge is 0.352 e. The second-order valence-corrected chi connectivity index (χ2v) is 6.31. The molecule has 1 heterocycles. The maximum absolute atomic E-state index is 12.7. The van der Waals surface area contributed by atoms with E-state index in [0.29, 0.717) is 13.0 Å². The van der Waals surface area contributed by atoms with Crippen LogP contribution < -0.4 is 16.4 Å². The van der Waals surface area contributed by atoms with Gasteiger partial charge in [0.25, 0.3) is 5.91 Å². The minimum Gasteiger partial charge on any atom is -0.352 e. The molecule has 0 aromatic carbocycles. The van der Waals surface area contributed by atoms with Crippen LogP contribution in [0.3, 0.4) is 0 Å².